The zero-order chi connectivity index (χ0) is 16.7. The van der Waals surface area contributed by atoms with Gasteiger partial charge in [0.25, 0.3) is 0 Å². The molecule has 1 aromatic rings. The molecule has 0 bridgehead atoms. The molecule has 1 saturated heterocycles. The van der Waals surface area contributed by atoms with Crippen LogP contribution in [0.2, 0.25) is 0 Å². The molecule has 0 atom stereocenters. The molecular weight excluding hydrogens is 352 g/mol. The van der Waals surface area contributed by atoms with Crippen molar-refractivity contribution in [1.29, 1.82) is 0 Å². The SMILES string of the molecule is CCc1cc(Br)ccc1/C=C1\C(=O)C(C)(C)OC12CCCCC2. The Balaban J connectivity index is 2.09. The third-order valence-electron chi connectivity index (χ3n) is 5.18. The van der Waals surface area contributed by atoms with Crippen LogP contribution in [0.1, 0.15) is 64.0 Å². The molecule has 1 aliphatic heterocycles. The molecule has 1 heterocycles. The predicted molar refractivity (Wildman–Crippen MR) is 97.5 cm³/mol. The molecule has 1 aromatic carbocycles. The maximum absolute atomic E-state index is 13.0. The van der Waals surface area contributed by atoms with Gasteiger partial charge in [-0.3, -0.25) is 4.79 Å². The average molecular weight is 377 g/mol. The van der Waals surface area contributed by atoms with Gasteiger partial charge in [-0.1, -0.05) is 48.2 Å². The Bertz CT molecular complexity index is 652. The van der Waals surface area contributed by atoms with Crippen LogP contribution in [0.15, 0.2) is 28.2 Å². The molecule has 0 amide bonds. The smallest absolute Gasteiger partial charge is 0.193 e. The summed E-state index contributed by atoms with van der Waals surface area (Å²) in [7, 11) is 0. The Hall–Kier alpha value is -0.930. The van der Waals surface area contributed by atoms with Gasteiger partial charge in [-0.15, -0.1) is 0 Å². The first-order valence-electron chi connectivity index (χ1n) is 8.63. The minimum Gasteiger partial charge on any atom is -0.356 e. The van der Waals surface area contributed by atoms with Crippen molar-refractivity contribution >= 4 is 27.8 Å². The van der Waals surface area contributed by atoms with Gasteiger partial charge in [0.05, 0.1) is 5.60 Å². The van der Waals surface area contributed by atoms with Crippen LogP contribution in [-0.4, -0.2) is 17.0 Å². The van der Waals surface area contributed by atoms with Crippen LogP contribution in [0.3, 0.4) is 0 Å². The number of ketones is 1. The van der Waals surface area contributed by atoms with Crippen molar-refractivity contribution < 1.29 is 9.53 Å². The quantitative estimate of drug-likeness (QED) is 0.639. The number of Topliss-reactive ketones (excluding diaryl/α,β-unsaturated/α-hetero) is 1. The van der Waals surface area contributed by atoms with E-state index in [2.05, 4.69) is 41.1 Å². The Labute approximate surface area is 147 Å². The number of ether oxygens (including phenoxy) is 1. The summed E-state index contributed by atoms with van der Waals surface area (Å²) in [6.45, 7) is 5.97. The van der Waals surface area contributed by atoms with Gasteiger partial charge in [-0.05, 0) is 62.4 Å². The van der Waals surface area contributed by atoms with Crippen molar-refractivity contribution in [1.82, 2.24) is 0 Å². The highest BCUT2D eigenvalue weighted by molar-refractivity contribution is 9.10. The van der Waals surface area contributed by atoms with Crippen LogP contribution < -0.4 is 0 Å². The minimum atomic E-state index is -0.703. The van der Waals surface area contributed by atoms with Crippen LogP contribution in [0.5, 0.6) is 0 Å². The van der Waals surface area contributed by atoms with E-state index in [1.54, 1.807) is 0 Å². The average Bonchev–Trinajstić information content (AvgIpc) is 2.69. The van der Waals surface area contributed by atoms with E-state index in [9.17, 15) is 4.79 Å². The molecule has 124 valence electrons. The lowest BCUT2D eigenvalue weighted by Crippen LogP contribution is -2.35. The third kappa shape index (κ3) is 3.06. The highest BCUT2D eigenvalue weighted by Gasteiger charge is 2.54. The predicted octanol–water partition coefficient (Wildman–Crippen LogP) is 5.48. The number of carbonyl (C=O) groups is 1. The fraction of sp³-hybridized carbons (Fsp3) is 0.550. The van der Waals surface area contributed by atoms with Crippen molar-refractivity contribution in [2.24, 2.45) is 0 Å². The summed E-state index contributed by atoms with van der Waals surface area (Å²) in [6, 6.07) is 6.29. The fourth-order valence-electron chi connectivity index (χ4n) is 3.99. The number of carbonyl (C=O) groups excluding carboxylic acids is 1. The van der Waals surface area contributed by atoms with E-state index in [0.717, 1.165) is 47.7 Å². The van der Waals surface area contributed by atoms with Crippen LogP contribution in [0.4, 0.5) is 0 Å². The lowest BCUT2D eigenvalue weighted by atomic mass is 9.77. The molecule has 1 aliphatic carbocycles. The lowest BCUT2D eigenvalue weighted by Gasteiger charge is -2.35. The fourth-order valence-corrected chi connectivity index (χ4v) is 4.40. The van der Waals surface area contributed by atoms with E-state index in [0.29, 0.717) is 0 Å². The van der Waals surface area contributed by atoms with E-state index >= 15 is 0 Å². The van der Waals surface area contributed by atoms with Crippen molar-refractivity contribution in [3.8, 4) is 0 Å². The Morgan fingerprint density at radius 1 is 1.22 bits per heavy atom. The number of benzene rings is 1. The van der Waals surface area contributed by atoms with Crippen molar-refractivity contribution in [3.63, 3.8) is 0 Å². The second kappa shape index (κ2) is 6.18. The van der Waals surface area contributed by atoms with Crippen molar-refractivity contribution in [2.75, 3.05) is 0 Å². The highest BCUT2D eigenvalue weighted by Crippen LogP contribution is 2.48. The topological polar surface area (TPSA) is 26.3 Å². The van der Waals surface area contributed by atoms with E-state index in [4.69, 9.17) is 4.74 Å². The van der Waals surface area contributed by atoms with Gasteiger partial charge in [-0.25, -0.2) is 0 Å². The second-order valence-corrected chi connectivity index (χ2v) is 8.17. The number of hydrogen-bond donors (Lipinski definition) is 0. The summed E-state index contributed by atoms with van der Waals surface area (Å²) >= 11 is 3.54. The van der Waals surface area contributed by atoms with Crippen molar-refractivity contribution in [2.45, 2.75) is 70.5 Å². The summed E-state index contributed by atoms with van der Waals surface area (Å²) in [5, 5.41) is 0. The van der Waals surface area contributed by atoms with E-state index in [1.807, 2.05) is 19.9 Å². The molecule has 0 aromatic heterocycles. The molecule has 23 heavy (non-hydrogen) atoms. The largest absolute Gasteiger partial charge is 0.356 e. The van der Waals surface area contributed by atoms with E-state index < -0.39 is 5.60 Å². The zero-order valence-electron chi connectivity index (χ0n) is 14.2. The number of aryl methyl sites for hydroxylation is 1. The summed E-state index contributed by atoms with van der Waals surface area (Å²) in [6.07, 6.45) is 8.50. The molecule has 0 unspecified atom stereocenters. The molecule has 1 spiro atoms. The van der Waals surface area contributed by atoms with E-state index in [1.165, 1.54) is 12.0 Å². The molecule has 2 aliphatic rings. The standard InChI is InChI=1S/C20H25BrO2/c1-4-14-12-16(21)9-8-15(14)13-17-18(22)19(2,3)23-20(17)10-6-5-7-11-20/h8-9,12-13H,4-7,10-11H2,1-3H3/b17-13+. The summed E-state index contributed by atoms with van der Waals surface area (Å²) < 4.78 is 7.43. The minimum absolute atomic E-state index is 0.157. The molecule has 3 rings (SSSR count). The lowest BCUT2D eigenvalue weighted by molar-refractivity contribution is -0.136. The monoisotopic (exact) mass is 376 g/mol. The zero-order valence-corrected chi connectivity index (χ0v) is 15.8. The molecule has 0 radical (unpaired) electrons. The Morgan fingerprint density at radius 3 is 2.57 bits per heavy atom. The molecule has 2 nitrogen and oxygen atoms in total. The van der Waals surface area contributed by atoms with Gasteiger partial charge < -0.3 is 4.74 Å². The molecule has 0 N–H and O–H groups in total. The molecule has 1 saturated carbocycles. The maximum Gasteiger partial charge on any atom is 0.193 e. The van der Waals surface area contributed by atoms with Gasteiger partial charge in [0.15, 0.2) is 5.78 Å². The van der Waals surface area contributed by atoms with Crippen LogP contribution in [0, 0.1) is 0 Å². The van der Waals surface area contributed by atoms with Gasteiger partial charge in [0.2, 0.25) is 0 Å². The number of hydrogen-bond acceptors (Lipinski definition) is 2. The van der Waals surface area contributed by atoms with Crippen LogP contribution >= 0.6 is 15.9 Å². The van der Waals surface area contributed by atoms with Crippen LogP contribution in [-0.2, 0) is 16.0 Å². The normalized spacial score (nSPS) is 24.5. The summed E-state index contributed by atoms with van der Waals surface area (Å²) in [4.78, 5) is 13.0. The van der Waals surface area contributed by atoms with Gasteiger partial charge in [0, 0.05) is 10.0 Å². The number of halogens is 1. The second-order valence-electron chi connectivity index (χ2n) is 7.25. The van der Waals surface area contributed by atoms with Crippen molar-refractivity contribution in [3.05, 3.63) is 39.4 Å². The first-order valence-corrected chi connectivity index (χ1v) is 9.43. The highest BCUT2D eigenvalue weighted by atomic mass is 79.9. The number of rotatable bonds is 2. The molecular formula is C20H25BrO2. The van der Waals surface area contributed by atoms with Gasteiger partial charge in [0.1, 0.15) is 5.60 Å². The maximum atomic E-state index is 13.0. The third-order valence-corrected chi connectivity index (χ3v) is 5.67. The Morgan fingerprint density at radius 2 is 1.91 bits per heavy atom. The van der Waals surface area contributed by atoms with Gasteiger partial charge in [-0.2, -0.15) is 0 Å². The first-order chi connectivity index (χ1) is 10.9. The molecule has 2 fully saturated rings. The Kier molecular flexibility index (Phi) is 4.54. The van der Waals surface area contributed by atoms with Gasteiger partial charge >= 0.3 is 0 Å². The first kappa shape index (κ1) is 16.9. The summed E-state index contributed by atoms with van der Waals surface area (Å²) in [5.74, 6) is 0.157. The summed E-state index contributed by atoms with van der Waals surface area (Å²) in [5.41, 5.74) is 2.22. The van der Waals surface area contributed by atoms with Crippen LogP contribution in [0.25, 0.3) is 6.08 Å². The molecule has 3 heteroatoms. The van der Waals surface area contributed by atoms with E-state index in [-0.39, 0.29) is 11.4 Å².